The lowest BCUT2D eigenvalue weighted by Crippen LogP contribution is -2.59. The lowest BCUT2D eigenvalue weighted by molar-refractivity contribution is -0.274. The number of amides is 2. The first kappa shape index (κ1) is 22.1. The van der Waals surface area contributed by atoms with E-state index >= 15 is 0 Å². The Morgan fingerprint density at radius 3 is 2.40 bits per heavy atom. The Hall–Kier alpha value is -2.59. The van der Waals surface area contributed by atoms with Crippen molar-refractivity contribution >= 4 is 12.0 Å². The van der Waals surface area contributed by atoms with Crippen molar-refractivity contribution < 1.29 is 41.0 Å². The van der Waals surface area contributed by atoms with Crippen LogP contribution in [0, 0.1) is 5.92 Å². The van der Waals surface area contributed by atoms with Crippen molar-refractivity contribution in [1.82, 2.24) is 9.80 Å². The van der Waals surface area contributed by atoms with Crippen LogP contribution < -0.4 is 9.47 Å². The van der Waals surface area contributed by atoms with E-state index in [0.29, 0.717) is 13.0 Å². The quantitative estimate of drug-likeness (QED) is 0.671. The molecule has 2 atom stereocenters. The molecule has 2 heterocycles. The second-order valence-electron chi connectivity index (χ2n) is 7.67. The van der Waals surface area contributed by atoms with Crippen molar-refractivity contribution in [3.63, 3.8) is 0 Å². The Labute approximate surface area is 169 Å². The minimum Gasteiger partial charge on any atom is -0.410 e. The van der Waals surface area contributed by atoms with Gasteiger partial charge in [-0.3, -0.25) is 9.69 Å². The molecule has 6 nitrogen and oxygen atoms in total. The van der Waals surface area contributed by atoms with E-state index in [2.05, 4.69) is 4.74 Å². The van der Waals surface area contributed by atoms with Crippen LogP contribution in [0.2, 0.25) is 0 Å². The van der Waals surface area contributed by atoms with Gasteiger partial charge in [0.05, 0.1) is 12.6 Å². The first-order valence-corrected chi connectivity index (χ1v) is 9.42. The second-order valence-corrected chi connectivity index (χ2v) is 7.67. The number of likely N-dealkylation sites (tertiary alicyclic amines) is 2. The zero-order valence-electron chi connectivity index (χ0n) is 16.1. The number of hydrogen-bond acceptors (Lipinski definition) is 4. The van der Waals surface area contributed by atoms with Crippen molar-refractivity contribution in [1.29, 1.82) is 0 Å². The highest BCUT2D eigenvalue weighted by molar-refractivity contribution is 5.77. The molecule has 11 heteroatoms. The van der Waals surface area contributed by atoms with Crippen LogP contribution in [0.5, 0.6) is 11.5 Å². The monoisotopic (exact) mass is 436 g/mol. The summed E-state index contributed by atoms with van der Waals surface area (Å²) in [7, 11) is 0. The Kier molecular flexibility index (Phi) is 6.09. The molecule has 2 aliphatic rings. The molecule has 1 unspecified atom stereocenters. The maximum Gasteiger partial charge on any atom is 0.573 e. The van der Waals surface area contributed by atoms with Gasteiger partial charge < -0.3 is 14.4 Å². The number of benzene rings is 1. The molecule has 0 aliphatic carbocycles. The Morgan fingerprint density at radius 2 is 1.77 bits per heavy atom. The highest BCUT2D eigenvalue weighted by atomic mass is 19.4. The van der Waals surface area contributed by atoms with Crippen molar-refractivity contribution in [3.05, 3.63) is 24.3 Å². The number of ether oxygens (including phenoxy) is 2. The molecule has 0 aromatic heterocycles. The Morgan fingerprint density at radius 1 is 1.13 bits per heavy atom. The van der Waals surface area contributed by atoms with E-state index in [4.69, 9.17) is 4.74 Å². The number of alkyl halides is 5. The topological polar surface area (TPSA) is 59.1 Å². The highest BCUT2D eigenvalue weighted by Gasteiger charge is 2.46. The Balaban J connectivity index is 1.66. The highest BCUT2D eigenvalue weighted by Crippen LogP contribution is 2.32. The van der Waals surface area contributed by atoms with Crippen molar-refractivity contribution in [2.45, 2.75) is 44.5 Å². The molecule has 166 valence electrons. The van der Waals surface area contributed by atoms with E-state index in [-0.39, 0.29) is 30.5 Å². The molecule has 3 rings (SSSR count). The van der Waals surface area contributed by atoms with E-state index < -0.39 is 43.1 Å². The lowest BCUT2D eigenvalue weighted by Gasteiger charge is -2.44. The molecule has 1 aromatic rings. The molecule has 30 heavy (non-hydrogen) atoms. The van der Waals surface area contributed by atoms with Crippen LogP contribution in [0.1, 0.15) is 26.2 Å². The lowest BCUT2D eigenvalue weighted by atomic mass is 9.94. The summed E-state index contributed by atoms with van der Waals surface area (Å²) in [6.07, 6.45) is -5.51. The smallest absolute Gasteiger partial charge is 0.410 e. The summed E-state index contributed by atoms with van der Waals surface area (Å²) >= 11 is 0. The van der Waals surface area contributed by atoms with Gasteiger partial charge in [0, 0.05) is 25.9 Å². The van der Waals surface area contributed by atoms with Crippen molar-refractivity contribution in [2.24, 2.45) is 5.92 Å². The molecule has 0 bridgehead atoms. The predicted molar refractivity (Wildman–Crippen MR) is 94.2 cm³/mol. The Bertz CT molecular complexity index is 784. The molecule has 2 aliphatic heterocycles. The van der Waals surface area contributed by atoms with Crippen LogP contribution in [0.4, 0.5) is 26.7 Å². The molecule has 2 fully saturated rings. The van der Waals surface area contributed by atoms with Gasteiger partial charge in [-0.05, 0) is 36.6 Å². The first-order valence-electron chi connectivity index (χ1n) is 9.42. The molecular weight excluding hydrogens is 415 g/mol. The standard InChI is InChI=1S/C19H21F5N2O4/c1-12-2-7-16(27)26(9-12)13-8-18(20,21)11-25(10-13)17(28)29-14-3-5-15(6-4-14)30-19(22,23)24/h3-6,12-13H,2,7-11H2,1H3/t12-,13?/m1/s1. The molecular formula is C19H21F5N2O4. The molecule has 0 radical (unpaired) electrons. The summed E-state index contributed by atoms with van der Waals surface area (Å²) < 4.78 is 73.9. The van der Waals surface area contributed by atoms with Crippen LogP contribution >= 0.6 is 0 Å². The largest absolute Gasteiger partial charge is 0.573 e. The number of nitrogens with zero attached hydrogens (tertiary/aromatic N) is 2. The predicted octanol–water partition coefficient (Wildman–Crippen LogP) is 4.05. The number of rotatable bonds is 3. The van der Waals surface area contributed by atoms with Gasteiger partial charge in [-0.1, -0.05) is 6.92 Å². The molecule has 0 N–H and O–H groups in total. The number of hydrogen-bond donors (Lipinski definition) is 0. The van der Waals surface area contributed by atoms with E-state index in [1.807, 2.05) is 6.92 Å². The molecule has 0 saturated carbocycles. The third-order valence-electron chi connectivity index (χ3n) is 5.03. The maximum atomic E-state index is 14.3. The second kappa shape index (κ2) is 8.27. The summed E-state index contributed by atoms with van der Waals surface area (Å²) in [6.45, 7) is 1.30. The minimum atomic E-state index is -4.87. The van der Waals surface area contributed by atoms with Crippen LogP contribution in [-0.2, 0) is 4.79 Å². The van der Waals surface area contributed by atoms with Crippen LogP contribution in [0.3, 0.4) is 0 Å². The number of halogens is 5. The van der Waals surface area contributed by atoms with Crippen molar-refractivity contribution in [2.75, 3.05) is 19.6 Å². The van der Waals surface area contributed by atoms with Crippen LogP contribution in [0.15, 0.2) is 24.3 Å². The summed E-state index contributed by atoms with van der Waals surface area (Å²) in [4.78, 5) is 26.8. The fourth-order valence-electron chi connectivity index (χ4n) is 3.69. The summed E-state index contributed by atoms with van der Waals surface area (Å²) in [5.41, 5.74) is 0. The zero-order valence-corrected chi connectivity index (χ0v) is 16.1. The zero-order chi connectivity index (χ0) is 22.1. The van der Waals surface area contributed by atoms with Gasteiger partial charge >= 0.3 is 12.5 Å². The van der Waals surface area contributed by atoms with Gasteiger partial charge in [-0.15, -0.1) is 13.2 Å². The average molecular weight is 436 g/mol. The number of carbonyl (C=O) groups excluding carboxylic acids is 2. The molecule has 0 spiro atoms. The molecule has 2 amide bonds. The van der Waals surface area contributed by atoms with Gasteiger partial charge in [0.15, 0.2) is 0 Å². The third-order valence-corrected chi connectivity index (χ3v) is 5.03. The number of piperidine rings is 2. The normalized spacial score (nSPS) is 24.5. The van der Waals surface area contributed by atoms with Crippen LogP contribution in [-0.4, -0.2) is 59.8 Å². The summed E-state index contributed by atoms with van der Waals surface area (Å²) in [5, 5.41) is 0. The SMILES string of the molecule is C[C@@H]1CCC(=O)N(C2CN(C(=O)Oc3ccc(OC(F)(F)F)cc3)CC(F)(F)C2)C1. The fourth-order valence-corrected chi connectivity index (χ4v) is 3.69. The maximum absolute atomic E-state index is 14.3. The van der Waals surface area contributed by atoms with E-state index in [1.165, 1.54) is 4.90 Å². The number of carbonyl (C=O) groups is 2. The van der Waals surface area contributed by atoms with Gasteiger partial charge in [0.1, 0.15) is 11.5 Å². The average Bonchev–Trinajstić information content (AvgIpc) is 2.62. The molecule has 2 saturated heterocycles. The first-order chi connectivity index (χ1) is 13.9. The fraction of sp³-hybridized carbons (Fsp3) is 0.579. The van der Waals surface area contributed by atoms with E-state index in [1.54, 1.807) is 0 Å². The minimum absolute atomic E-state index is 0.109. The van der Waals surface area contributed by atoms with Gasteiger partial charge in [0.25, 0.3) is 5.92 Å². The van der Waals surface area contributed by atoms with E-state index in [0.717, 1.165) is 29.2 Å². The third kappa shape index (κ3) is 5.73. The molecule has 1 aromatic carbocycles. The van der Waals surface area contributed by atoms with Crippen LogP contribution in [0.25, 0.3) is 0 Å². The van der Waals surface area contributed by atoms with Gasteiger partial charge in [-0.25, -0.2) is 13.6 Å². The van der Waals surface area contributed by atoms with Gasteiger partial charge in [-0.2, -0.15) is 0 Å². The van der Waals surface area contributed by atoms with Crippen molar-refractivity contribution in [3.8, 4) is 11.5 Å². The van der Waals surface area contributed by atoms with Gasteiger partial charge in [0.2, 0.25) is 5.91 Å². The summed E-state index contributed by atoms with van der Waals surface area (Å²) in [6, 6.07) is 3.18. The summed E-state index contributed by atoms with van der Waals surface area (Å²) in [5.74, 6) is -3.87. The van der Waals surface area contributed by atoms with E-state index in [9.17, 15) is 31.5 Å².